The van der Waals surface area contributed by atoms with Crippen molar-refractivity contribution < 1.29 is 13.9 Å². The van der Waals surface area contributed by atoms with E-state index in [2.05, 4.69) is 4.99 Å². The first-order chi connectivity index (χ1) is 7.40. The summed E-state index contributed by atoms with van der Waals surface area (Å²) >= 11 is 1.55. The number of nitrogens with one attached hydrogen (secondary N) is 2. The maximum Gasteiger partial charge on any atom is 0.257 e. The number of aliphatic hydroxyl groups is 1. The molecule has 90 valence electrons. The van der Waals surface area contributed by atoms with E-state index >= 15 is 0 Å². The van der Waals surface area contributed by atoms with Gasteiger partial charge in [0.05, 0.1) is 12.3 Å². The number of nitrogens with zero attached hydrogens (tertiary/aromatic N) is 1. The summed E-state index contributed by atoms with van der Waals surface area (Å²) in [6.07, 6.45) is -2.05. The highest BCUT2D eigenvalue weighted by Crippen LogP contribution is 2.04. The summed E-state index contributed by atoms with van der Waals surface area (Å²) in [7, 11) is 0. The third kappa shape index (κ3) is 5.26. The lowest BCUT2D eigenvalue weighted by atomic mass is 10.1. The molecule has 0 aromatic heterocycles. The van der Waals surface area contributed by atoms with Gasteiger partial charge in [0.15, 0.2) is 0 Å². The summed E-state index contributed by atoms with van der Waals surface area (Å²) in [5, 5.41) is 23.9. The highest BCUT2D eigenvalue weighted by atomic mass is 127. The fraction of sp³-hybridized carbons (Fsp3) is 0.375. The van der Waals surface area contributed by atoms with Gasteiger partial charge in [-0.05, 0) is 22.6 Å². The van der Waals surface area contributed by atoms with Gasteiger partial charge in [-0.1, -0.05) is 0 Å². The topological polar surface area (TPSA) is 106 Å². The van der Waals surface area contributed by atoms with E-state index in [1.54, 1.807) is 22.6 Å². The smallest absolute Gasteiger partial charge is 0.257 e. The second-order valence-electron chi connectivity index (χ2n) is 2.68. The van der Waals surface area contributed by atoms with Crippen LogP contribution in [0.2, 0.25) is 0 Å². The minimum absolute atomic E-state index is 0.00654. The zero-order valence-electron chi connectivity index (χ0n) is 8.12. The van der Waals surface area contributed by atoms with Gasteiger partial charge in [-0.15, -0.1) is 0 Å². The predicted molar refractivity (Wildman–Crippen MR) is 67.1 cm³/mol. The molecule has 0 aromatic rings. The normalized spacial score (nSPS) is 14.4. The average molecular weight is 344 g/mol. The molecule has 1 unspecified atom stereocenters. The van der Waals surface area contributed by atoms with Crippen LogP contribution in [0.1, 0.15) is 0 Å². The summed E-state index contributed by atoms with van der Waals surface area (Å²) in [5.74, 6) is 0. The van der Waals surface area contributed by atoms with E-state index in [1.807, 2.05) is 0 Å². The second kappa shape index (κ2) is 7.39. The van der Waals surface area contributed by atoms with E-state index in [0.717, 1.165) is 12.4 Å². The summed E-state index contributed by atoms with van der Waals surface area (Å²) in [6.45, 7) is -0.695. The number of halogens is 3. The molecule has 5 N–H and O–H groups in total. The van der Waals surface area contributed by atoms with Crippen LogP contribution in [-0.4, -0.2) is 39.8 Å². The monoisotopic (exact) mass is 344 g/mol. The van der Waals surface area contributed by atoms with Crippen LogP contribution in [0.5, 0.6) is 0 Å². The number of hydrogen-bond acceptors (Lipinski definition) is 5. The fourth-order valence-corrected chi connectivity index (χ4v) is 1.02. The van der Waals surface area contributed by atoms with Crippen molar-refractivity contribution in [2.24, 2.45) is 10.7 Å². The molecule has 0 radical (unpaired) electrons. The molecule has 0 aliphatic rings. The SMILES string of the molecule is N=C(I)C(=N)C(O)C(C=NCC(F)F)=CN. The molecule has 0 aliphatic carbocycles. The second-order valence-corrected chi connectivity index (χ2v) is 3.76. The van der Waals surface area contributed by atoms with E-state index in [4.69, 9.17) is 16.6 Å². The van der Waals surface area contributed by atoms with Crippen molar-refractivity contribution >= 4 is 38.2 Å². The van der Waals surface area contributed by atoms with Crippen molar-refractivity contribution in [3.8, 4) is 0 Å². The van der Waals surface area contributed by atoms with Crippen LogP contribution >= 0.6 is 22.6 Å². The summed E-state index contributed by atoms with van der Waals surface area (Å²) in [5.41, 5.74) is 4.80. The van der Waals surface area contributed by atoms with E-state index in [-0.39, 0.29) is 15.0 Å². The zero-order valence-corrected chi connectivity index (χ0v) is 10.3. The standard InChI is InChI=1S/C8H11F2IN4O/c9-5(10)3-15-2-4(1-12)7(16)6(13)8(11)14/h1-2,5,7,13-14,16H,3,12H2. The first-order valence-corrected chi connectivity index (χ1v) is 5.18. The van der Waals surface area contributed by atoms with Crippen molar-refractivity contribution in [1.29, 1.82) is 10.8 Å². The molecule has 0 spiro atoms. The van der Waals surface area contributed by atoms with E-state index in [0.29, 0.717) is 0 Å². The van der Waals surface area contributed by atoms with Gasteiger partial charge in [-0.3, -0.25) is 15.8 Å². The highest BCUT2D eigenvalue weighted by molar-refractivity contribution is 14.1. The third-order valence-electron chi connectivity index (χ3n) is 1.50. The maximum atomic E-state index is 11.8. The first kappa shape index (κ1) is 15.1. The minimum Gasteiger partial charge on any atom is -0.404 e. The molecule has 5 nitrogen and oxygen atoms in total. The van der Waals surface area contributed by atoms with Crippen LogP contribution < -0.4 is 5.73 Å². The quantitative estimate of drug-likeness (QED) is 0.426. The van der Waals surface area contributed by atoms with Crippen molar-refractivity contribution in [1.82, 2.24) is 0 Å². The van der Waals surface area contributed by atoms with Crippen LogP contribution in [0.15, 0.2) is 16.8 Å². The van der Waals surface area contributed by atoms with Gasteiger partial charge >= 0.3 is 0 Å². The molecule has 0 rings (SSSR count). The molecular weight excluding hydrogens is 333 g/mol. The number of rotatable bonds is 6. The first-order valence-electron chi connectivity index (χ1n) is 4.10. The summed E-state index contributed by atoms with van der Waals surface area (Å²) < 4.78 is 23.4. The molecule has 0 bridgehead atoms. The van der Waals surface area contributed by atoms with Crippen LogP contribution in [0, 0.1) is 10.8 Å². The number of nitrogens with two attached hydrogens (primary N) is 1. The van der Waals surface area contributed by atoms with Crippen LogP contribution in [0.25, 0.3) is 0 Å². The zero-order chi connectivity index (χ0) is 12.7. The molecule has 0 heterocycles. The molecule has 0 saturated carbocycles. The lowest BCUT2D eigenvalue weighted by Crippen LogP contribution is -2.27. The largest absolute Gasteiger partial charge is 0.404 e. The summed E-state index contributed by atoms with van der Waals surface area (Å²) in [4.78, 5) is 3.35. The van der Waals surface area contributed by atoms with Crippen molar-refractivity contribution in [3.63, 3.8) is 0 Å². The van der Waals surface area contributed by atoms with Gasteiger partial charge in [0.1, 0.15) is 9.82 Å². The minimum atomic E-state index is -2.57. The van der Waals surface area contributed by atoms with Crippen LogP contribution in [0.4, 0.5) is 8.78 Å². The van der Waals surface area contributed by atoms with Crippen molar-refractivity contribution in [2.75, 3.05) is 6.54 Å². The van der Waals surface area contributed by atoms with Crippen molar-refractivity contribution in [3.05, 3.63) is 11.8 Å². The molecule has 1 atom stereocenters. The third-order valence-corrected chi connectivity index (χ3v) is 2.08. The van der Waals surface area contributed by atoms with Crippen LogP contribution in [0.3, 0.4) is 0 Å². The van der Waals surface area contributed by atoms with Crippen LogP contribution in [-0.2, 0) is 0 Å². The van der Waals surface area contributed by atoms with Gasteiger partial charge in [0, 0.05) is 18.0 Å². The predicted octanol–water partition coefficient (Wildman–Crippen LogP) is 0.958. The van der Waals surface area contributed by atoms with E-state index in [9.17, 15) is 13.9 Å². The number of alkyl halides is 2. The Morgan fingerprint density at radius 1 is 1.50 bits per heavy atom. The summed E-state index contributed by atoms with van der Waals surface area (Å²) in [6, 6.07) is 0. The Hall–Kier alpha value is -0.900. The Bertz CT molecular complexity index is 330. The fourth-order valence-electron chi connectivity index (χ4n) is 0.729. The molecular formula is C8H11F2IN4O. The average Bonchev–Trinajstić information content (AvgIpc) is 2.21. The van der Waals surface area contributed by atoms with Gasteiger partial charge in [-0.2, -0.15) is 0 Å². The Morgan fingerprint density at radius 3 is 2.44 bits per heavy atom. The lowest BCUT2D eigenvalue weighted by molar-refractivity contribution is 0.159. The lowest BCUT2D eigenvalue weighted by Gasteiger charge is -2.10. The van der Waals surface area contributed by atoms with Gasteiger partial charge < -0.3 is 10.8 Å². The Morgan fingerprint density at radius 2 is 2.06 bits per heavy atom. The van der Waals surface area contributed by atoms with Gasteiger partial charge in [0.2, 0.25) is 0 Å². The molecule has 0 saturated heterocycles. The number of hydrogen-bond donors (Lipinski definition) is 4. The van der Waals surface area contributed by atoms with Gasteiger partial charge in [-0.25, -0.2) is 8.78 Å². The van der Waals surface area contributed by atoms with E-state index in [1.165, 1.54) is 0 Å². The molecule has 0 amide bonds. The Labute approximate surface area is 105 Å². The Kier molecular flexibility index (Phi) is 6.97. The Balaban J connectivity index is 4.58. The van der Waals surface area contributed by atoms with E-state index < -0.39 is 19.1 Å². The molecule has 8 heteroatoms. The number of aliphatic imine (C=N–C) groups is 1. The molecule has 16 heavy (non-hydrogen) atoms. The molecule has 0 fully saturated rings. The number of aliphatic hydroxyl groups excluding tert-OH is 1. The van der Waals surface area contributed by atoms with Crippen molar-refractivity contribution in [2.45, 2.75) is 12.5 Å². The molecule has 0 aliphatic heterocycles. The van der Waals surface area contributed by atoms with Gasteiger partial charge in [0.25, 0.3) is 6.43 Å². The molecule has 0 aromatic carbocycles. The highest BCUT2D eigenvalue weighted by Gasteiger charge is 2.17. The maximum absolute atomic E-state index is 11.8.